The van der Waals surface area contributed by atoms with E-state index >= 15 is 0 Å². The van der Waals surface area contributed by atoms with Crippen LogP contribution in [0.4, 0.5) is 0 Å². The van der Waals surface area contributed by atoms with E-state index in [4.69, 9.17) is 4.74 Å². The van der Waals surface area contributed by atoms with Crippen molar-refractivity contribution in [1.82, 2.24) is 4.98 Å². The second kappa shape index (κ2) is 5.74. The van der Waals surface area contributed by atoms with Crippen LogP contribution in [0.15, 0.2) is 36.5 Å². The molecule has 18 heavy (non-hydrogen) atoms. The van der Waals surface area contributed by atoms with Crippen LogP contribution in [0.5, 0.6) is 0 Å². The van der Waals surface area contributed by atoms with Crippen molar-refractivity contribution in [2.75, 3.05) is 7.11 Å². The Labute approximate surface area is 107 Å². The third-order valence-electron chi connectivity index (χ3n) is 3.11. The van der Waals surface area contributed by atoms with Gasteiger partial charge in [-0.25, -0.2) is 0 Å². The first-order chi connectivity index (χ1) is 8.70. The number of carbonyl (C=O) groups excluding carboxylic acids is 1. The Hall–Kier alpha value is -1.74. The average molecular weight is 243 g/mol. The minimum absolute atomic E-state index is 0.121. The van der Waals surface area contributed by atoms with Crippen molar-refractivity contribution in [2.24, 2.45) is 0 Å². The second-order valence-corrected chi connectivity index (χ2v) is 4.42. The molecule has 0 fully saturated rings. The number of ether oxygens (including phenoxy) is 1. The van der Waals surface area contributed by atoms with Crippen molar-refractivity contribution in [1.29, 1.82) is 0 Å². The summed E-state index contributed by atoms with van der Waals surface area (Å²) in [5, 5.41) is 1.00. The number of hydrogen-bond donors (Lipinski definition) is 0. The van der Waals surface area contributed by atoms with Gasteiger partial charge in [-0.2, -0.15) is 0 Å². The van der Waals surface area contributed by atoms with Crippen LogP contribution in [0.1, 0.15) is 30.1 Å². The fourth-order valence-electron chi connectivity index (χ4n) is 1.85. The maximum absolute atomic E-state index is 12.0. The highest BCUT2D eigenvalue weighted by molar-refractivity contribution is 5.99. The van der Waals surface area contributed by atoms with Crippen LogP contribution in [0.3, 0.4) is 0 Å². The van der Waals surface area contributed by atoms with Crippen LogP contribution in [0.25, 0.3) is 10.9 Å². The molecule has 0 radical (unpaired) electrons. The fourth-order valence-corrected chi connectivity index (χ4v) is 1.85. The van der Waals surface area contributed by atoms with Gasteiger partial charge in [0.25, 0.3) is 0 Å². The zero-order valence-corrected chi connectivity index (χ0v) is 10.7. The Morgan fingerprint density at radius 3 is 3.00 bits per heavy atom. The molecule has 0 spiro atoms. The maximum Gasteiger partial charge on any atom is 0.162 e. The highest BCUT2D eigenvalue weighted by atomic mass is 16.5. The Morgan fingerprint density at radius 1 is 1.39 bits per heavy atom. The summed E-state index contributed by atoms with van der Waals surface area (Å²) in [6.07, 6.45) is 3.14. The van der Waals surface area contributed by atoms with Gasteiger partial charge < -0.3 is 4.74 Å². The van der Waals surface area contributed by atoms with E-state index in [2.05, 4.69) is 4.98 Å². The number of hydrogen-bond acceptors (Lipinski definition) is 3. The summed E-state index contributed by atoms with van der Waals surface area (Å²) in [4.78, 5) is 16.3. The SMILES string of the molecule is COC(C)CCC(=O)c1ccc2ncccc2c1. The van der Waals surface area contributed by atoms with Crippen molar-refractivity contribution >= 4 is 16.7 Å². The molecule has 3 nitrogen and oxygen atoms in total. The van der Waals surface area contributed by atoms with Gasteiger partial charge in [-0.05, 0) is 37.6 Å². The normalized spacial score (nSPS) is 12.6. The minimum Gasteiger partial charge on any atom is -0.382 e. The smallest absolute Gasteiger partial charge is 0.162 e. The largest absolute Gasteiger partial charge is 0.382 e. The molecule has 1 aromatic heterocycles. The van der Waals surface area contributed by atoms with Crippen molar-refractivity contribution in [3.63, 3.8) is 0 Å². The lowest BCUT2D eigenvalue weighted by Gasteiger charge is -2.08. The number of pyridine rings is 1. The van der Waals surface area contributed by atoms with Crippen LogP contribution in [0, 0.1) is 0 Å². The summed E-state index contributed by atoms with van der Waals surface area (Å²) in [6.45, 7) is 1.97. The lowest BCUT2D eigenvalue weighted by Crippen LogP contribution is -2.08. The zero-order valence-electron chi connectivity index (χ0n) is 10.7. The molecule has 0 aliphatic rings. The highest BCUT2D eigenvalue weighted by Gasteiger charge is 2.09. The van der Waals surface area contributed by atoms with Gasteiger partial charge in [-0.3, -0.25) is 9.78 Å². The van der Waals surface area contributed by atoms with Gasteiger partial charge in [0.1, 0.15) is 0 Å². The molecule has 2 rings (SSSR count). The van der Waals surface area contributed by atoms with Crippen LogP contribution < -0.4 is 0 Å². The lowest BCUT2D eigenvalue weighted by atomic mass is 10.0. The van der Waals surface area contributed by atoms with E-state index in [0.717, 1.165) is 22.9 Å². The van der Waals surface area contributed by atoms with E-state index in [1.54, 1.807) is 13.3 Å². The Morgan fingerprint density at radius 2 is 2.22 bits per heavy atom. The number of fused-ring (bicyclic) bond motifs is 1. The van der Waals surface area contributed by atoms with E-state index in [9.17, 15) is 4.79 Å². The fraction of sp³-hybridized carbons (Fsp3) is 0.333. The average Bonchev–Trinajstić information content (AvgIpc) is 2.43. The summed E-state index contributed by atoms with van der Waals surface area (Å²) < 4.78 is 5.14. The van der Waals surface area contributed by atoms with Gasteiger partial charge in [0, 0.05) is 30.7 Å². The van der Waals surface area contributed by atoms with Gasteiger partial charge in [0.05, 0.1) is 11.6 Å². The number of aromatic nitrogens is 1. The van der Waals surface area contributed by atoms with Gasteiger partial charge in [-0.1, -0.05) is 6.07 Å². The summed E-state index contributed by atoms with van der Waals surface area (Å²) in [5.41, 5.74) is 1.66. The second-order valence-electron chi connectivity index (χ2n) is 4.42. The molecule has 0 N–H and O–H groups in total. The number of nitrogens with zero attached hydrogens (tertiary/aromatic N) is 1. The number of ketones is 1. The number of rotatable bonds is 5. The predicted molar refractivity (Wildman–Crippen MR) is 71.8 cm³/mol. The number of benzene rings is 1. The van der Waals surface area contributed by atoms with Crippen LogP contribution >= 0.6 is 0 Å². The molecule has 2 aromatic rings. The molecule has 0 saturated carbocycles. The first-order valence-electron chi connectivity index (χ1n) is 6.11. The van der Waals surface area contributed by atoms with E-state index < -0.39 is 0 Å². The van der Waals surface area contributed by atoms with E-state index in [-0.39, 0.29) is 11.9 Å². The van der Waals surface area contributed by atoms with Gasteiger partial charge >= 0.3 is 0 Å². The summed E-state index contributed by atoms with van der Waals surface area (Å²) >= 11 is 0. The first-order valence-corrected chi connectivity index (χ1v) is 6.11. The molecule has 0 aliphatic carbocycles. The monoisotopic (exact) mass is 243 g/mol. The summed E-state index contributed by atoms with van der Waals surface area (Å²) in [7, 11) is 1.66. The topological polar surface area (TPSA) is 39.2 Å². The lowest BCUT2D eigenvalue weighted by molar-refractivity contribution is 0.0878. The van der Waals surface area contributed by atoms with Crippen molar-refractivity contribution < 1.29 is 9.53 Å². The minimum atomic E-state index is 0.121. The van der Waals surface area contributed by atoms with E-state index in [1.807, 2.05) is 37.3 Å². The molecular formula is C15H17NO2. The molecule has 1 unspecified atom stereocenters. The predicted octanol–water partition coefficient (Wildman–Crippen LogP) is 3.23. The first kappa shape index (κ1) is 12.7. The van der Waals surface area contributed by atoms with Crippen molar-refractivity contribution in [2.45, 2.75) is 25.9 Å². The number of methoxy groups -OCH3 is 1. The molecule has 3 heteroatoms. The Kier molecular flexibility index (Phi) is 4.05. The standard InChI is InChI=1S/C15H17NO2/c1-11(18-2)5-8-15(17)13-6-7-14-12(10-13)4-3-9-16-14/h3-4,6-7,9-11H,5,8H2,1-2H3. The Balaban J connectivity index is 2.13. The molecule has 0 amide bonds. The van der Waals surface area contributed by atoms with Crippen LogP contribution in [0.2, 0.25) is 0 Å². The summed E-state index contributed by atoms with van der Waals surface area (Å²) in [5.74, 6) is 0.157. The third kappa shape index (κ3) is 2.93. The zero-order chi connectivity index (χ0) is 13.0. The molecule has 94 valence electrons. The van der Waals surface area contributed by atoms with Crippen molar-refractivity contribution in [3.05, 3.63) is 42.1 Å². The van der Waals surface area contributed by atoms with E-state index in [0.29, 0.717) is 6.42 Å². The molecule has 1 atom stereocenters. The highest BCUT2D eigenvalue weighted by Crippen LogP contribution is 2.15. The van der Waals surface area contributed by atoms with E-state index in [1.165, 1.54) is 0 Å². The quantitative estimate of drug-likeness (QED) is 0.757. The molecule has 0 bridgehead atoms. The Bertz CT molecular complexity index is 551. The van der Waals surface area contributed by atoms with Gasteiger partial charge in [0.2, 0.25) is 0 Å². The number of carbonyl (C=O) groups is 1. The van der Waals surface area contributed by atoms with Gasteiger partial charge in [-0.15, -0.1) is 0 Å². The molecule has 1 aromatic carbocycles. The molecule has 0 aliphatic heterocycles. The number of Topliss-reactive ketones (excluding diaryl/α,β-unsaturated/α-hetero) is 1. The van der Waals surface area contributed by atoms with Crippen molar-refractivity contribution in [3.8, 4) is 0 Å². The summed E-state index contributed by atoms with van der Waals surface area (Å²) in [6, 6.07) is 9.49. The van der Waals surface area contributed by atoms with Gasteiger partial charge in [0.15, 0.2) is 5.78 Å². The maximum atomic E-state index is 12.0. The third-order valence-corrected chi connectivity index (χ3v) is 3.11. The van der Waals surface area contributed by atoms with Crippen LogP contribution in [-0.4, -0.2) is 24.0 Å². The molecule has 0 saturated heterocycles. The molecular weight excluding hydrogens is 226 g/mol. The molecule has 1 heterocycles. The van der Waals surface area contributed by atoms with Crippen LogP contribution in [-0.2, 0) is 4.74 Å².